The summed E-state index contributed by atoms with van der Waals surface area (Å²) in [5.74, 6) is 0.542. The third kappa shape index (κ3) is 5.74. The molecule has 1 aromatic carbocycles. The van der Waals surface area contributed by atoms with Crippen molar-refractivity contribution in [3.63, 3.8) is 0 Å². The third-order valence-electron chi connectivity index (χ3n) is 5.23. The number of halogens is 1. The van der Waals surface area contributed by atoms with Crippen molar-refractivity contribution in [2.45, 2.75) is 51.2 Å². The molecule has 1 atom stereocenters. The van der Waals surface area contributed by atoms with Gasteiger partial charge in [0.2, 0.25) is 0 Å². The van der Waals surface area contributed by atoms with E-state index in [1.807, 2.05) is 6.92 Å². The Labute approximate surface area is 174 Å². The fourth-order valence-electron chi connectivity index (χ4n) is 3.92. The Kier molecular flexibility index (Phi) is 9.16. The Hall–Kier alpha value is -1.02. The number of methoxy groups -OCH3 is 2. The van der Waals surface area contributed by atoms with Gasteiger partial charge in [0.1, 0.15) is 29.7 Å². The van der Waals surface area contributed by atoms with E-state index in [4.69, 9.17) is 14.2 Å². The Morgan fingerprint density at radius 3 is 2.15 bits per heavy atom. The third-order valence-corrected chi connectivity index (χ3v) is 5.23. The van der Waals surface area contributed by atoms with Crippen LogP contribution in [0.25, 0.3) is 0 Å². The second-order valence-corrected chi connectivity index (χ2v) is 7.51. The zero-order valence-corrected chi connectivity index (χ0v) is 18.7. The average molecular weight is 477 g/mol. The summed E-state index contributed by atoms with van der Waals surface area (Å²) in [6.45, 7) is 2.76. The summed E-state index contributed by atoms with van der Waals surface area (Å²) in [6.07, 6.45) is 6.29. The predicted octanol–water partition coefficient (Wildman–Crippen LogP) is 0.662. The van der Waals surface area contributed by atoms with Gasteiger partial charge in [-0.3, -0.25) is 0 Å². The highest BCUT2D eigenvalue weighted by Crippen LogP contribution is 2.30. The summed E-state index contributed by atoms with van der Waals surface area (Å²) >= 11 is 0. The van der Waals surface area contributed by atoms with Crippen LogP contribution in [0.5, 0.6) is 11.5 Å². The summed E-state index contributed by atoms with van der Waals surface area (Å²) in [5.41, 5.74) is 0.349. The highest BCUT2D eigenvalue weighted by molar-refractivity contribution is 5.95. The number of likely N-dealkylation sites (N-methyl/N-ethyl adjacent to an activating group) is 1. The maximum Gasteiger partial charge on any atom is 0.346 e. The van der Waals surface area contributed by atoms with Crippen LogP contribution in [0.4, 0.5) is 0 Å². The van der Waals surface area contributed by atoms with Crippen LogP contribution in [0.1, 0.15) is 49.4 Å². The van der Waals surface area contributed by atoms with Crippen molar-refractivity contribution in [1.82, 2.24) is 0 Å². The van der Waals surface area contributed by atoms with Crippen molar-refractivity contribution in [3.05, 3.63) is 23.8 Å². The first-order valence-corrected chi connectivity index (χ1v) is 9.13. The van der Waals surface area contributed by atoms with Crippen molar-refractivity contribution in [3.8, 4) is 11.5 Å². The molecule has 0 spiro atoms. The number of nitrogens with zero attached hydrogens (tertiary/aromatic N) is 1. The molecule has 26 heavy (non-hydrogen) atoms. The normalized spacial score (nSPS) is 16.3. The van der Waals surface area contributed by atoms with Gasteiger partial charge in [0.05, 0.1) is 34.4 Å². The van der Waals surface area contributed by atoms with E-state index in [2.05, 4.69) is 14.1 Å². The summed E-state index contributed by atoms with van der Waals surface area (Å²) in [7, 11) is 7.56. The van der Waals surface area contributed by atoms with Crippen LogP contribution in [-0.4, -0.2) is 57.5 Å². The summed E-state index contributed by atoms with van der Waals surface area (Å²) in [5, 5.41) is 0. The van der Waals surface area contributed by atoms with Gasteiger partial charge >= 0.3 is 5.97 Å². The van der Waals surface area contributed by atoms with Gasteiger partial charge in [-0.05, 0) is 44.7 Å². The number of benzene rings is 1. The lowest BCUT2D eigenvalue weighted by Crippen LogP contribution is -3.00. The Balaban J connectivity index is 0.00000338. The first-order valence-electron chi connectivity index (χ1n) is 9.13. The number of rotatable bonds is 7. The van der Waals surface area contributed by atoms with E-state index in [0.29, 0.717) is 23.1 Å². The van der Waals surface area contributed by atoms with E-state index < -0.39 is 5.97 Å². The Morgan fingerprint density at radius 2 is 1.65 bits per heavy atom. The molecule has 1 unspecified atom stereocenters. The van der Waals surface area contributed by atoms with E-state index in [-0.39, 0.29) is 30.1 Å². The first kappa shape index (κ1) is 23.0. The fourth-order valence-corrected chi connectivity index (χ4v) is 3.92. The number of carbonyl (C=O) groups excluding carboxylic acids is 1. The van der Waals surface area contributed by atoms with Crippen LogP contribution in [0.15, 0.2) is 18.2 Å². The largest absolute Gasteiger partial charge is 1.00 e. The molecule has 0 aliphatic heterocycles. The molecule has 6 heteroatoms. The number of hydrogen-bond donors (Lipinski definition) is 0. The van der Waals surface area contributed by atoms with Crippen molar-refractivity contribution in [2.24, 2.45) is 0 Å². The number of ether oxygens (including phenoxy) is 3. The molecule has 5 nitrogen and oxygen atoms in total. The number of esters is 1. The molecular formula is C20H32INO4. The lowest BCUT2D eigenvalue weighted by atomic mass is 9.93. The van der Waals surface area contributed by atoms with Gasteiger partial charge in [-0.1, -0.05) is 12.5 Å². The lowest BCUT2D eigenvalue weighted by molar-refractivity contribution is -0.918. The fraction of sp³-hybridized carbons (Fsp3) is 0.650. The molecule has 0 radical (unpaired) electrons. The van der Waals surface area contributed by atoms with Crippen molar-refractivity contribution in [1.29, 1.82) is 0 Å². The molecule has 2 rings (SSSR count). The van der Waals surface area contributed by atoms with E-state index in [1.54, 1.807) is 18.2 Å². The van der Waals surface area contributed by atoms with E-state index in [1.165, 1.54) is 46.3 Å². The smallest absolute Gasteiger partial charge is 0.346 e. The van der Waals surface area contributed by atoms with Crippen molar-refractivity contribution in [2.75, 3.05) is 34.9 Å². The molecule has 148 valence electrons. The van der Waals surface area contributed by atoms with Crippen LogP contribution in [0, 0.1) is 0 Å². The quantitative estimate of drug-likeness (QED) is 0.329. The maximum atomic E-state index is 12.7. The molecule has 1 saturated carbocycles. The number of quaternary nitrogens is 1. The molecule has 0 heterocycles. The topological polar surface area (TPSA) is 44.8 Å². The summed E-state index contributed by atoms with van der Waals surface area (Å²) in [4.78, 5) is 12.7. The van der Waals surface area contributed by atoms with Gasteiger partial charge in [0, 0.05) is 0 Å². The summed E-state index contributed by atoms with van der Waals surface area (Å²) in [6, 6.07) is 5.93. The second kappa shape index (κ2) is 10.3. The molecule has 1 aliphatic carbocycles. The van der Waals surface area contributed by atoms with Gasteiger partial charge < -0.3 is 42.7 Å². The zero-order valence-electron chi connectivity index (χ0n) is 16.6. The average Bonchev–Trinajstić information content (AvgIpc) is 2.60. The van der Waals surface area contributed by atoms with Crippen molar-refractivity contribution < 1.29 is 47.5 Å². The molecule has 1 aliphatic rings. The van der Waals surface area contributed by atoms with E-state index >= 15 is 0 Å². The molecule has 0 saturated heterocycles. The molecule has 0 amide bonds. The highest BCUT2D eigenvalue weighted by atomic mass is 127. The predicted molar refractivity (Wildman–Crippen MR) is 98.3 cm³/mol. The molecule has 0 bridgehead atoms. The minimum atomic E-state index is -0.398. The van der Waals surface area contributed by atoms with E-state index in [9.17, 15) is 4.79 Å². The SMILES string of the molecule is COc1cccc(OC)c1C(=O)OC(C)C[N+](C)(C)C1CCCCC1.[I-]. The van der Waals surface area contributed by atoms with Crippen LogP contribution in [-0.2, 0) is 4.74 Å². The monoisotopic (exact) mass is 477 g/mol. The van der Waals surface area contributed by atoms with Gasteiger partial charge in [-0.25, -0.2) is 4.79 Å². The van der Waals surface area contributed by atoms with Crippen LogP contribution in [0.3, 0.4) is 0 Å². The Bertz CT molecular complexity index is 563. The van der Waals surface area contributed by atoms with Gasteiger partial charge in [-0.2, -0.15) is 0 Å². The number of carbonyl (C=O) groups is 1. The second-order valence-electron chi connectivity index (χ2n) is 7.51. The molecule has 1 fully saturated rings. The maximum absolute atomic E-state index is 12.7. The molecule has 0 N–H and O–H groups in total. The van der Waals surface area contributed by atoms with Crippen LogP contribution in [0.2, 0.25) is 0 Å². The Morgan fingerprint density at radius 1 is 1.12 bits per heavy atom. The van der Waals surface area contributed by atoms with Gasteiger partial charge in [0.15, 0.2) is 0 Å². The zero-order chi connectivity index (χ0) is 18.4. The molecule has 0 aromatic heterocycles. The minimum Gasteiger partial charge on any atom is -1.00 e. The molecule has 1 aromatic rings. The first-order chi connectivity index (χ1) is 11.9. The minimum absolute atomic E-state index is 0. The summed E-state index contributed by atoms with van der Waals surface area (Å²) < 4.78 is 17.2. The molecular weight excluding hydrogens is 445 g/mol. The van der Waals surface area contributed by atoms with Gasteiger partial charge in [-0.15, -0.1) is 0 Å². The highest BCUT2D eigenvalue weighted by Gasteiger charge is 2.32. The standard InChI is InChI=1S/C20H32NO4.HI/c1-15(14-21(2,3)16-10-7-6-8-11-16)25-20(22)19-17(23-4)12-9-13-18(19)24-5;/h9,12-13,15-16H,6-8,10-11,14H2,1-5H3;1H/q+1;/p-1. The number of hydrogen-bond acceptors (Lipinski definition) is 4. The lowest BCUT2D eigenvalue weighted by Gasteiger charge is -2.41. The van der Waals surface area contributed by atoms with Crippen LogP contribution < -0.4 is 33.5 Å². The van der Waals surface area contributed by atoms with Crippen LogP contribution >= 0.6 is 0 Å². The van der Waals surface area contributed by atoms with Crippen molar-refractivity contribution >= 4 is 5.97 Å². The van der Waals surface area contributed by atoms with E-state index in [0.717, 1.165) is 11.0 Å². The van der Waals surface area contributed by atoms with Gasteiger partial charge in [0.25, 0.3) is 0 Å².